The number of ether oxygens (including phenoxy) is 1. The lowest BCUT2D eigenvalue weighted by atomic mass is 9.84. The number of aryl methyl sites for hydroxylation is 1. The third-order valence-electron chi connectivity index (χ3n) is 10.3. The van der Waals surface area contributed by atoms with Crippen molar-refractivity contribution in [2.75, 3.05) is 57.6 Å². The van der Waals surface area contributed by atoms with E-state index in [2.05, 4.69) is 31.5 Å². The summed E-state index contributed by atoms with van der Waals surface area (Å²) >= 11 is 0. The zero-order valence-corrected chi connectivity index (χ0v) is 26.7. The van der Waals surface area contributed by atoms with E-state index >= 15 is 0 Å². The van der Waals surface area contributed by atoms with Crippen LogP contribution in [0.2, 0.25) is 0 Å². The Kier molecular flexibility index (Phi) is 7.87. The molecule has 2 N–H and O–H groups in total. The number of anilines is 2. The number of fused-ring (bicyclic) bond motifs is 2. The molecule has 3 aliphatic rings. The number of carbonyl (C=O) groups excluding carboxylic acids is 1. The second kappa shape index (κ2) is 12.0. The number of aromatic nitrogens is 3. The maximum absolute atomic E-state index is 13.4. The zero-order chi connectivity index (χ0) is 31.2. The van der Waals surface area contributed by atoms with Crippen LogP contribution in [0.5, 0.6) is 11.5 Å². The molecule has 0 spiro atoms. The molecule has 0 radical (unpaired) electrons. The lowest BCUT2D eigenvalue weighted by Crippen LogP contribution is -2.49. The van der Waals surface area contributed by atoms with Gasteiger partial charge < -0.3 is 25.0 Å². The van der Waals surface area contributed by atoms with Gasteiger partial charge in [-0.15, -0.1) is 0 Å². The molecule has 1 saturated heterocycles. The molecule has 2 aromatic heterocycles. The van der Waals surface area contributed by atoms with Crippen molar-refractivity contribution in [1.29, 1.82) is 0 Å². The summed E-state index contributed by atoms with van der Waals surface area (Å²) in [7, 11) is 5.71. The summed E-state index contributed by atoms with van der Waals surface area (Å²) in [6.45, 7) is 6.68. The molecule has 7 rings (SSSR count). The normalized spacial score (nSPS) is 22.5. The fourth-order valence-electron chi connectivity index (χ4n) is 7.62. The number of hydrogen-bond acceptors (Lipinski definition) is 8. The van der Waals surface area contributed by atoms with E-state index in [0.29, 0.717) is 29.8 Å². The molecule has 45 heavy (non-hydrogen) atoms. The molecular weight excluding hydrogens is 566 g/mol. The maximum atomic E-state index is 13.4. The number of aromatic hydroxyl groups is 1. The molecule has 236 valence electrons. The third-order valence-corrected chi connectivity index (χ3v) is 10.3. The van der Waals surface area contributed by atoms with Crippen LogP contribution in [0.15, 0.2) is 48.8 Å². The molecule has 4 aromatic rings. The van der Waals surface area contributed by atoms with Crippen LogP contribution in [0, 0.1) is 6.92 Å². The molecule has 10 heteroatoms. The minimum Gasteiger partial charge on any atom is -0.508 e. The Hall–Kier alpha value is -4.15. The first-order valence-electron chi connectivity index (χ1n) is 16.1. The molecule has 1 atom stereocenters. The Morgan fingerprint density at radius 2 is 1.82 bits per heavy atom. The first kappa shape index (κ1) is 29.6. The molecule has 0 bridgehead atoms. The van der Waals surface area contributed by atoms with Gasteiger partial charge >= 0.3 is 0 Å². The number of phenolic OH excluding ortho intramolecular Hbond substituents is 1. The number of methoxy groups -OCH3 is 1. The van der Waals surface area contributed by atoms with E-state index in [9.17, 15) is 9.90 Å². The van der Waals surface area contributed by atoms with E-state index in [4.69, 9.17) is 9.72 Å². The van der Waals surface area contributed by atoms with Crippen molar-refractivity contribution in [3.05, 3.63) is 65.9 Å². The minimum atomic E-state index is -0.433. The number of amides is 1. The number of likely N-dealkylation sites (N-methyl/N-ethyl adjacent to an activating group) is 2. The predicted molar refractivity (Wildman–Crippen MR) is 176 cm³/mol. The van der Waals surface area contributed by atoms with E-state index in [-0.39, 0.29) is 11.7 Å². The highest BCUT2D eigenvalue weighted by atomic mass is 16.5. The van der Waals surface area contributed by atoms with Gasteiger partial charge in [0.05, 0.1) is 29.7 Å². The number of hydrogen-bond donors (Lipinski definition) is 2. The van der Waals surface area contributed by atoms with Gasteiger partial charge in [0.1, 0.15) is 23.4 Å². The predicted octanol–water partition coefficient (Wildman–Crippen LogP) is 4.69. The van der Waals surface area contributed by atoms with Crippen LogP contribution in [0.4, 0.5) is 11.4 Å². The average Bonchev–Trinajstić information content (AvgIpc) is 3.62. The first-order valence-corrected chi connectivity index (χ1v) is 16.1. The first-order chi connectivity index (χ1) is 21.8. The summed E-state index contributed by atoms with van der Waals surface area (Å²) in [6.07, 6.45) is 9.01. The fourth-order valence-corrected chi connectivity index (χ4v) is 7.62. The van der Waals surface area contributed by atoms with Crippen molar-refractivity contribution in [3.63, 3.8) is 0 Å². The Labute approximate surface area is 264 Å². The van der Waals surface area contributed by atoms with E-state index < -0.39 is 6.04 Å². The van der Waals surface area contributed by atoms with Crippen molar-refractivity contribution in [3.8, 4) is 22.8 Å². The summed E-state index contributed by atoms with van der Waals surface area (Å²) in [5.41, 5.74) is 6.01. The standard InChI is InChI=1S/C35H43N7O3/c1-22-33-32(38-34(42(33)15-14-36-22)23-8-11-25(12-9-23)41-18-16-39(2)17-19-41)24-10-13-27(31(20-24)45-4)37-35(44)29-21-26-28(40(29)3)6-5-7-30(26)43/h5-7,10,13-15,20,23,25,29,43H,8-9,11-12,16-19,21H2,1-4H3,(H,37,44). The second-order valence-corrected chi connectivity index (χ2v) is 12.9. The summed E-state index contributed by atoms with van der Waals surface area (Å²) < 4.78 is 8.03. The molecule has 2 aromatic carbocycles. The van der Waals surface area contributed by atoms with E-state index in [0.717, 1.165) is 65.5 Å². The summed E-state index contributed by atoms with van der Waals surface area (Å²) in [4.78, 5) is 30.4. The summed E-state index contributed by atoms with van der Waals surface area (Å²) in [5, 5.41) is 13.4. The van der Waals surface area contributed by atoms with E-state index in [1.165, 1.54) is 25.9 Å². The monoisotopic (exact) mass is 609 g/mol. The van der Waals surface area contributed by atoms with Crippen molar-refractivity contribution in [1.82, 2.24) is 24.2 Å². The largest absolute Gasteiger partial charge is 0.508 e. The number of carbonyl (C=O) groups is 1. The van der Waals surface area contributed by atoms with Crippen LogP contribution >= 0.6 is 0 Å². The van der Waals surface area contributed by atoms with Crippen LogP contribution in [0.25, 0.3) is 16.8 Å². The van der Waals surface area contributed by atoms with Crippen LogP contribution in [-0.2, 0) is 11.2 Å². The van der Waals surface area contributed by atoms with E-state index in [1.54, 1.807) is 19.2 Å². The minimum absolute atomic E-state index is 0.152. The maximum Gasteiger partial charge on any atom is 0.247 e. The Balaban J connectivity index is 1.12. The highest BCUT2D eigenvalue weighted by Crippen LogP contribution is 2.40. The topological polar surface area (TPSA) is 98.5 Å². The fraction of sp³-hybridized carbons (Fsp3) is 0.457. The van der Waals surface area contributed by atoms with Crippen molar-refractivity contribution < 1.29 is 14.6 Å². The molecule has 1 aliphatic carbocycles. The molecule has 2 fully saturated rings. The average molecular weight is 610 g/mol. The number of piperazine rings is 1. The third kappa shape index (κ3) is 5.40. The van der Waals surface area contributed by atoms with Gasteiger partial charge in [-0.1, -0.05) is 12.1 Å². The van der Waals surface area contributed by atoms with Crippen LogP contribution in [0.3, 0.4) is 0 Å². The quantitative estimate of drug-likeness (QED) is 0.325. The SMILES string of the molecule is COc1cc(-c2nc(C3CCC(N4CCN(C)CC4)CC3)n3ccnc(C)c23)ccc1NC(=O)C1Cc2c(O)cccc2N1C. The molecule has 2 aliphatic heterocycles. The van der Waals surface area contributed by atoms with Crippen molar-refractivity contribution in [2.24, 2.45) is 0 Å². The Morgan fingerprint density at radius 1 is 1.04 bits per heavy atom. The number of nitrogens with one attached hydrogen (secondary N) is 1. The van der Waals surface area contributed by atoms with Gasteiger partial charge in [0, 0.05) is 80.8 Å². The molecule has 4 heterocycles. The van der Waals surface area contributed by atoms with Gasteiger partial charge in [-0.25, -0.2) is 4.98 Å². The molecule has 1 saturated carbocycles. The number of rotatable bonds is 6. The lowest BCUT2D eigenvalue weighted by Gasteiger charge is -2.41. The highest BCUT2D eigenvalue weighted by Gasteiger charge is 2.34. The van der Waals surface area contributed by atoms with E-state index in [1.807, 2.05) is 55.5 Å². The van der Waals surface area contributed by atoms with Crippen LogP contribution < -0.4 is 15.0 Å². The van der Waals surface area contributed by atoms with Gasteiger partial charge in [0.15, 0.2) is 0 Å². The van der Waals surface area contributed by atoms with Crippen LogP contribution in [-0.4, -0.2) is 94.7 Å². The van der Waals surface area contributed by atoms with Gasteiger partial charge in [-0.05, 0) is 63.9 Å². The van der Waals surface area contributed by atoms with Gasteiger partial charge in [0.2, 0.25) is 5.91 Å². The molecule has 1 unspecified atom stereocenters. The second-order valence-electron chi connectivity index (χ2n) is 12.9. The molecule has 10 nitrogen and oxygen atoms in total. The lowest BCUT2D eigenvalue weighted by molar-refractivity contribution is -0.117. The Bertz CT molecular complexity index is 1720. The van der Waals surface area contributed by atoms with Crippen molar-refractivity contribution >= 4 is 22.8 Å². The number of nitrogens with zero attached hydrogens (tertiary/aromatic N) is 6. The molecule has 1 amide bonds. The summed E-state index contributed by atoms with van der Waals surface area (Å²) in [6, 6.07) is 11.5. The number of benzene rings is 2. The van der Waals surface area contributed by atoms with Gasteiger partial charge in [-0.2, -0.15) is 0 Å². The van der Waals surface area contributed by atoms with Gasteiger partial charge in [0.25, 0.3) is 0 Å². The van der Waals surface area contributed by atoms with Crippen LogP contribution in [0.1, 0.15) is 48.7 Å². The highest BCUT2D eigenvalue weighted by molar-refractivity contribution is 6.00. The Morgan fingerprint density at radius 3 is 2.56 bits per heavy atom. The number of phenols is 1. The zero-order valence-electron chi connectivity index (χ0n) is 26.7. The molecular formula is C35H43N7O3. The number of imidazole rings is 1. The van der Waals surface area contributed by atoms with Crippen molar-refractivity contribution in [2.45, 2.75) is 57.0 Å². The summed E-state index contributed by atoms with van der Waals surface area (Å²) in [5.74, 6) is 2.13. The smallest absolute Gasteiger partial charge is 0.247 e. The van der Waals surface area contributed by atoms with Gasteiger partial charge in [-0.3, -0.25) is 19.1 Å².